The Hall–Kier alpha value is -2.16. The summed E-state index contributed by atoms with van der Waals surface area (Å²) in [6.07, 6.45) is -3.29. The van der Waals surface area contributed by atoms with Crippen molar-refractivity contribution in [3.8, 4) is 0 Å². The fourth-order valence-electron chi connectivity index (χ4n) is 2.69. The van der Waals surface area contributed by atoms with Gasteiger partial charge < -0.3 is 4.74 Å². The Bertz CT molecular complexity index is 864. The highest BCUT2D eigenvalue weighted by molar-refractivity contribution is 5.74. The molecule has 1 fully saturated rings. The second-order valence-electron chi connectivity index (χ2n) is 5.46. The average molecular weight is 329 g/mol. The van der Waals surface area contributed by atoms with Gasteiger partial charge in [-0.3, -0.25) is 13.9 Å². The SMILES string of the molecule is Cn1c(=O)n(CC2CCCO2)c(=O)c2ccc(C(F)(F)F)nc21. The molecule has 0 spiro atoms. The first-order valence-corrected chi connectivity index (χ1v) is 7.08. The molecule has 9 heteroatoms. The number of aromatic nitrogens is 3. The molecule has 0 bridgehead atoms. The predicted molar refractivity (Wildman–Crippen MR) is 75.2 cm³/mol. The molecule has 124 valence electrons. The zero-order valence-corrected chi connectivity index (χ0v) is 12.3. The average Bonchev–Trinajstić information content (AvgIpc) is 3.01. The van der Waals surface area contributed by atoms with Crippen molar-refractivity contribution >= 4 is 11.0 Å². The van der Waals surface area contributed by atoms with Gasteiger partial charge in [0.1, 0.15) is 11.3 Å². The normalized spacial score (nSPS) is 18.7. The lowest BCUT2D eigenvalue weighted by atomic mass is 10.2. The summed E-state index contributed by atoms with van der Waals surface area (Å²) in [6.45, 7) is 0.659. The lowest BCUT2D eigenvalue weighted by molar-refractivity contribution is -0.141. The monoisotopic (exact) mass is 329 g/mol. The number of nitrogens with zero attached hydrogens (tertiary/aromatic N) is 3. The molecule has 1 aliphatic rings. The third kappa shape index (κ3) is 2.76. The van der Waals surface area contributed by atoms with Crippen LogP contribution in [0.15, 0.2) is 21.7 Å². The van der Waals surface area contributed by atoms with Gasteiger partial charge in [-0.05, 0) is 25.0 Å². The van der Waals surface area contributed by atoms with Crippen molar-refractivity contribution in [2.45, 2.75) is 31.7 Å². The number of ether oxygens (including phenoxy) is 1. The summed E-state index contributed by atoms with van der Waals surface area (Å²) < 4.78 is 45.6. The Balaban J connectivity index is 2.18. The molecule has 0 aliphatic carbocycles. The molecule has 3 rings (SSSR count). The molecule has 1 atom stereocenters. The molecule has 2 aromatic heterocycles. The molecule has 2 aromatic rings. The summed E-state index contributed by atoms with van der Waals surface area (Å²) in [5.41, 5.74) is -2.78. The van der Waals surface area contributed by atoms with Crippen LogP contribution >= 0.6 is 0 Å². The molecule has 0 radical (unpaired) electrons. The molecular weight excluding hydrogens is 315 g/mol. The van der Waals surface area contributed by atoms with E-state index in [1.807, 2.05) is 0 Å². The molecule has 6 nitrogen and oxygen atoms in total. The first kappa shape index (κ1) is 15.7. The number of pyridine rings is 1. The molecule has 0 aromatic carbocycles. The summed E-state index contributed by atoms with van der Waals surface area (Å²) in [5, 5.41) is -0.0295. The molecular formula is C14H14F3N3O3. The summed E-state index contributed by atoms with van der Waals surface area (Å²) in [7, 11) is 1.29. The van der Waals surface area contributed by atoms with Crippen molar-refractivity contribution in [1.29, 1.82) is 0 Å². The van der Waals surface area contributed by atoms with E-state index in [1.165, 1.54) is 7.05 Å². The fourth-order valence-corrected chi connectivity index (χ4v) is 2.69. The second-order valence-corrected chi connectivity index (χ2v) is 5.46. The molecule has 3 heterocycles. The van der Waals surface area contributed by atoms with Crippen molar-refractivity contribution in [2.75, 3.05) is 6.61 Å². The Morgan fingerprint density at radius 3 is 2.70 bits per heavy atom. The van der Waals surface area contributed by atoms with E-state index in [2.05, 4.69) is 4.98 Å². The topological polar surface area (TPSA) is 66.1 Å². The summed E-state index contributed by atoms with van der Waals surface area (Å²) in [6, 6.07) is 1.80. The minimum Gasteiger partial charge on any atom is -0.376 e. The number of aryl methyl sites for hydroxylation is 1. The van der Waals surface area contributed by atoms with E-state index in [0.717, 1.165) is 34.1 Å². The Kier molecular flexibility index (Phi) is 3.75. The number of alkyl halides is 3. The van der Waals surface area contributed by atoms with Crippen LogP contribution in [0.2, 0.25) is 0 Å². The number of hydrogen-bond acceptors (Lipinski definition) is 4. The highest BCUT2D eigenvalue weighted by Gasteiger charge is 2.33. The molecule has 1 unspecified atom stereocenters. The maximum atomic E-state index is 12.7. The van der Waals surface area contributed by atoms with Gasteiger partial charge in [-0.25, -0.2) is 9.78 Å². The third-order valence-corrected chi connectivity index (χ3v) is 3.89. The van der Waals surface area contributed by atoms with E-state index in [-0.39, 0.29) is 23.7 Å². The van der Waals surface area contributed by atoms with Crippen LogP contribution in [0.25, 0.3) is 11.0 Å². The lowest BCUT2D eigenvalue weighted by Gasteiger charge is -2.14. The van der Waals surface area contributed by atoms with Crippen LogP contribution in [0.5, 0.6) is 0 Å². The molecule has 1 saturated heterocycles. The maximum absolute atomic E-state index is 12.7. The first-order chi connectivity index (χ1) is 10.8. The number of hydrogen-bond donors (Lipinski definition) is 0. The van der Waals surface area contributed by atoms with Gasteiger partial charge in [0.2, 0.25) is 0 Å². The van der Waals surface area contributed by atoms with Crippen molar-refractivity contribution in [3.63, 3.8) is 0 Å². The Labute approximate surface area is 128 Å². The van der Waals surface area contributed by atoms with Crippen LogP contribution in [-0.4, -0.2) is 26.8 Å². The van der Waals surface area contributed by atoms with Crippen LogP contribution in [0, 0.1) is 0 Å². The summed E-state index contributed by atoms with van der Waals surface area (Å²) in [4.78, 5) is 28.2. The van der Waals surface area contributed by atoms with Crippen LogP contribution in [0.3, 0.4) is 0 Å². The van der Waals surface area contributed by atoms with Crippen molar-refractivity contribution in [3.05, 3.63) is 38.7 Å². The van der Waals surface area contributed by atoms with Crippen LogP contribution < -0.4 is 11.2 Å². The van der Waals surface area contributed by atoms with Crippen LogP contribution in [0.4, 0.5) is 13.2 Å². The summed E-state index contributed by atoms with van der Waals surface area (Å²) >= 11 is 0. The summed E-state index contributed by atoms with van der Waals surface area (Å²) in [5.74, 6) is 0. The fraction of sp³-hybridized carbons (Fsp3) is 0.500. The number of rotatable bonds is 2. The van der Waals surface area contributed by atoms with E-state index in [1.54, 1.807) is 0 Å². The Morgan fingerprint density at radius 1 is 1.35 bits per heavy atom. The lowest BCUT2D eigenvalue weighted by Crippen LogP contribution is -2.42. The van der Waals surface area contributed by atoms with Crippen LogP contribution in [-0.2, 0) is 24.5 Å². The van der Waals surface area contributed by atoms with Gasteiger partial charge >= 0.3 is 11.9 Å². The first-order valence-electron chi connectivity index (χ1n) is 7.08. The van der Waals surface area contributed by atoms with Gasteiger partial charge in [0, 0.05) is 13.7 Å². The predicted octanol–water partition coefficient (Wildman–Crippen LogP) is 1.29. The third-order valence-electron chi connectivity index (χ3n) is 3.89. The maximum Gasteiger partial charge on any atom is 0.433 e. The zero-order valence-electron chi connectivity index (χ0n) is 12.3. The van der Waals surface area contributed by atoms with E-state index >= 15 is 0 Å². The standard InChI is InChI=1S/C14H14F3N3O3/c1-19-11-9(4-5-10(18-11)14(15,16)17)12(21)20(13(19)22)7-8-3-2-6-23-8/h4-5,8H,2-3,6-7H2,1H3. The highest BCUT2D eigenvalue weighted by Crippen LogP contribution is 2.28. The van der Waals surface area contributed by atoms with Crippen molar-refractivity contribution in [1.82, 2.24) is 14.1 Å². The van der Waals surface area contributed by atoms with Gasteiger partial charge in [0.05, 0.1) is 18.0 Å². The van der Waals surface area contributed by atoms with Gasteiger partial charge in [0.15, 0.2) is 0 Å². The Morgan fingerprint density at radius 2 is 2.09 bits per heavy atom. The van der Waals surface area contributed by atoms with Gasteiger partial charge in [-0.2, -0.15) is 13.2 Å². The molecule has 0 saturated carbocycles. The number of fused-ring (bicyclic) bond motifs is 1. The molecule has 0 amide bonds. The van der Waals surface area contributed by atoms with E-state index in [0.29, 0.717) is 6.61 Å². The number of halogens is 3. The quantitative estimate of drug-likeness (QED) is 0.833. The van der Waals surface area contributed by atoms with E-state index in [4.69, 9.17) is 4.74 Å². The second kappa shape index (κ2) is 5.48. The smallest absolute Gasteiger partial charge is 0.376 e. The van der Waals surface area contributed by atoms with Gasteiger partial charge in [-0.15, -0.1) is 0 Å². The molecule has 0 N–H and O–H groups in total. The van der Waals surface area contributed by atoms with Gasteiger partial charge in [-0.1, -0.05) is 0 Å². The zero-order chi connectivity index (χ0) is 16.8. The van der Waals surface area contributed by atoms with Gasteiger partial charge in [0.25, 0.3) is 5.56 Å². The van der Waals surface area contributed by atoms with Crippen molar-refractivity contribution < 1.29 is 17.9 Å². The van der Waals surface area contributed by atoms with E-state index in [9.17, 15) is 22.8 Å². The van der Waals surface area contributed by atoms with Crippen LogP contribution in [0.1, 0.15) is 18.5 Å². The molecule has 1 aliphatic heterocycles. The minimum atomic E-state index is -4.64. The largest absolute Gasteiger partial charge is 0.433 e. The highest BCUT2D eigenvalue weighted by atomic mass is 19.4. The minimum absolute atomic E-state index is 0.0295. The van der Waals surface area contributed by atoms with E-state index < -0.39 is 23.1 Å². The van der Waals surface area contributed by atoms with Crippen molar-refractivity contribution in [2.24, 2.45) is 7.05 Å². The molecule has 23 heavy (non-hydrogen) atoms.